The Morgan fingerprint density at radius 1 is 1.14 bits per heavy atom. The number of fused-ring (bicyclic) bond motifs is 2. The van der Waals surface area contributed by atoms with Crippen LogP contribution in [0.15, 0.2) is 41.3 Å². The van der Waals surface area contributed by atoms with Crippen LogP contribution < -0.4 is 14.5 Å². The molecule has 0 radical (unpaired) electrons. The minimum atomic E-state index is -3.85. The molecule has 1 N–H and O–H groups in total. The van der Waals surface area contributed by atoms with Crippen LogP contribution in [0.4, 0.5) is 17.1 Å². The van der Waals surface area contributed by atoms with E-state index in [0.29, 0.717) is 22.0 Å². The molecule has 0 unspecified atom stereocenters. The lowest BCUT2D eigenvalue weighted by molar-refractivity contribution is -0.117. The molecule has 0 aliphatic carbocycles. The molecule has 6 nitrogen and oxygen atoms in total. The first-order chi connectivity index (χ1) is 12.6. The quantitative estimate of drug-likeness (QED) is 0.781. The van der Waals surface area contributed by atoms with Crippen LogP contribution in [0.5, 0.6) is 0 Å². The van der Waals surface area contributed by atoms with Crippen LogP contribution in [-0.4, -0.2) is 34.0 Å². The van der Waals surface area contributed by atoms with Crippen LogP contribution in [0.25, 0.3) is 0 Å². The predicted octanol–water partition coefficient (Wildman–Crippen LogP) is 3.87. The minimum Gasteiger partial charge on any atom is -0.306 e. The van der Waals surface area contributed by atoms with Crippen molar-refractivity contribution in [3.8, 4) is 0 Å². The van der Waals surface area contributed by atoms with Gasteiger partial charge in [-0.15, -0.1) is 12.4 Å². The maximum Gasteiger partial charge on any atom is 0.266 e. The van der Waals surface area contributed by atoms with Gasteiger partial charge < -0.3 is 5.32 Å². The molecule has 2 aromatic carbocycles. The van der Waals surface area contributed by atoms with E-state index in [9.17, 15) is 13.2 Å². The number of para-hydroxylation sites is 2. The number of rotatable bonds is 3. The van der Waals surface area contributed by atoms with Gasteiger partial charge in [0.25, 0.3) is 10.0 Å². The van der Waals surface area contributed by atoms with Crippen molar-refractivity contribution in [1.29, 1.82) is 0 Å². The van der Waals surface area contributed by atoms with Gasteiger partial charge >= 0.3 is 0 Å². The minimum absolute atomic E-state index is 0. The molecular weight excluding hydrogens is 421 g/mol. The van der Waals surface area contributed by atoms with E-state index in [4.69, 9.17) is 11.6 Å². The first kappa shape index (κ1) is 22.5. The summed E-state index contributed by atoms with van der Waals surface area (Å²) >= 11 is 6.29. The van der Waals surface area contributed by atoms with Gasteiger partial charge in [0.1, 0.15) is 4.90 Å². The fourth-order valence-corrected chi connectivity index (χ4v) is 4.60. The highest BCUT2D eigenvalue weighted by atomic mass is 35.5. The zero-order valence-corrected chi connectivity index (χ0v) is 18.5. The summed E-state index contributed by atoms with van der Waals surface area (Å²) in [7, 11) is -2.36. The zero-order valence-electron chi connectivity index (χ0n) is 16.1. The third-order valence-electron chi connectivity index (χ3n) is 4.49. The summed E-state index contributed by atoms with van der Waals surface area (Å²) < 4.78 is 27.6. The number of benzene rings is 2. The molecule has 1 amide bonds. The summed E-state index contributed by atoms with van der Waals surface area (Å²) in [5, 5.41) is 3.50. The number of halogens is 2. The highest BCUT2D eigenvalue weighted by Gasteiger charge is 2.36. The normalized spacial score (nSPS) is 14.8. The Balaban J connectivity index is 0.00000280. The summed E-state index contributed by atoms with van der Waals surface area (Å²) in [5.41, 5.74) is 1.82. The number of hydrogen-bond acceptors (Lipinski definition) is 4. The molecule has 152 valence electrons. The topological polar surface area (TPSA) is 69.7 Å². The fourth-order valence-electron chi connectivity index (χ4n) is 2.99. The molecule has 1 aliphatic heterocycles. The third kappa shape index (κ3) is 3.85. The summed E-state index contributed by atoms with van der Waals surface area (Å²) in [5.74, 6) is -0.261. The Labute approximate surface area is 176 Å². The van der Waals surface area contributed by atoms with Crippen molar-refractivity contribution in [1.82, 2.24) is 5.32 Å². The molecule has 9 heteroatoms. The maximum atomic E-state index is 13.2. The van der Waals surface area contributed by atoms with Crippen molar-refractivity contribution in [3.05, 3.63) is 47.0 Å². The molecular formula is C19H23Cl2N3O3S. The second-order valence-electron chi connectivity index (χ2n) is 6.80. The standard InChI is InChI=1S/C19H22ClN3O3S.ClH/c1-12(2)21-11-19(24)23-16-8-6-5-7-15(16)22(4)27(25,26)18-9-13(3)14(20)10-17(18)23;/h5-10,12,21H,11H2,1-4H3;1H. The van der Waals surface area contributed by atoms with Crippen LogP contribution in [0.1, 0.15) is 19.4 Å². The van der Waals surface area contributed by atoms with Crippen LogP contribution in [0.2, 0.25) is 5.02 Å². The number of nitrogens with one attached hydrogen (secondary N) is 1. The lowest BCUT2D eigenvalue weighted by Crippen LogP contribution is -2.38. The van der Waals surface area contributed by atoms with E-state index in [-0.39, 0.29) is 41.5 Å². The van der Waals surface area contributed by atoms with Gasteiger partial charge in [-0.05, 0) is 36.8 Å². The Morgan fingerprint density at radius 2 is 1.75 bits per heavy atom. The zero-order chi connectivity index (χ0) is 19.9. The number of carbonyl (C=O) groups is 1. The number of hydrogen-bond donors (Lipinski definition) is 1. The molecule has 0 fully saturated rings. The van der Waals surface area contributed by atoms with Crippen molar-refractivity contribution in [2.24, 2.45) is 0 Å². The van der Waals surface area contributed by atoms with Gasteiger partial charge in [0.15, 0.2) is 0 Å². The number of carbonyl (C=O) groups excluding carboxylic acids is 1. The Bertz CT molecular complexity index is 1010. The number of nitrogens with zero attached hydrogens (tertiary/aromatic N) is 2. The molecule has 3 rings (SSSR count). The van der Waals surface area contributed by atoms with E-state index in [1.54, 1.807) is 37.3 Å². The van der Waals surface area contributed by atoms with Gasteiger partial charge in [0.2, 0.25) is 5.91 Å². The van der Waals surface area contributed by atoms with E-state index in [0.717, 1.165) is 0 Å². The molecule has 2 aromatic rings. The van der Waals surface area contributed by atoms with Crippen molar-refractivity contribution >= 4 is 57.0 Å². The van der Waals surface area contributed by atoms with Crippen molar-refractivity contribution in [2.45, 2.75) is 31.7 Å². The van der Waals surface area contributed by atoms with Gasteiger partial charge in [0.05, 0.1) is 23.6 Å². The first-order valence-corrected chi connectivity index (χ1v) is 10.4. The summed E-state index contributed by atoms with van der Waals surface area (Å²) in [6.07, 6.45) is 0. The molecule has 0 spiro atoms. The monoisotopic (exact) mass is 443 g/mol. The number of anilines is 3. The van der Waals surface area contributed by atoms with Gasteiger partial charge in [-0.3, -0.25) is 14.0 Å². The molecule has 28 heavy (non-hydrogen) atoms. The van der Waals surface area contributed by atoms with E-state index in [1.807, 2.05) is 13.8 Å². The molecule has 1 heterocycles. The first-order valence-electron chi connectivity index (χ1n) is 8.59. The lowest BCUT2D eigenvalue weighted by Gasteiger charge is -2.25. The van der Waals surface area contributed by atoms with Crippen molar-refractivity contribution in [2.75, 3.05) is 22.8 Å². The number of sulfonamides is 1. The van der Waals surface area contributed by atoms with E-state index in [1.165, 1.54) is 22.3 Å². The molecule has 0 saturated carbocycles. The van der Waals surface area contributed by atoms with Gasteiger partial charge in [-0.25, -0.2) is 8.42 Å². The van der Waals surface area contributed by atoms with Crippen LogP contribution in [-0.2, 0) is 14.8 Å². The van der Waals surface area contributed by atoms with E-state index < -0.39 is 10.0 Å². The summed E-state index contributed by atoms with van der Waals surface area (Å²) in [6, 6.07) is 10.1. The van der Waals surface area contributed by atoms with E-state index >= 15 is 0 Å². The highest BCUT2D eigenvalue weighted by Crippen LogP contribution is 2.44. The summed E-state index contributed by atoms with van der Waals surface area (Å²) in [6.45, 7) is 5.69. The summed E-state index contributed by atoms with van der Waals surface area (Å²) in [4.78, 5) is 14.6. The molecule has 0 bridgehead atoms. The fraction of sp³-hybridized carbons (Fsp3) is 0.316. The predicted molar refractivity (Wildman–Crippen MR) is 116 cm³/mol. The third-order valence-corrected chi connectivity index (χ3v) is 6.70. The smallest absolute Gasteiger partial charge is 0.266 e. The lowest BCUT2D eigenvalue weighted by atomic mass is 10.1. The molecule has 0 saturated heterocycles. The second kappa shape index (κ2) is 8.29. The van der Waals surface area contributed by atoms with Crippen LogP contribution >= 0.6 is 24.0 Å². The molecule has 0 atom stereocenters. The van der Waals surface area contributed by atoms with Gasteiger partial charge in [-0.2, -0.15) is 0 Å². The number of amides is 1. The number of aryl methyl sites for hydroxylation is 1. The second-order valence-corrected chi connectivity index (χ2v) is 9.14. The average Bonchev–Trinajstić information content (AvgIpc) is 2.68. The van der Waals surface area contributed by atoms with Crippen LogP contribution in [0, 0.1) is 6.92 Å². The van der Waals surface area contributed by atoms with Crippen molar-refractivity contribution in [3.63, 3.8) is 0 Å². The molecule has 1 aliphatic rings. The average molecular weight is 444 g/mol. The highest BCUT2D eigenvalue weighted by molar-refractivity contribution is 7.93. The van der Waals surface area contributed by atoms with Crippen LogP contribution in [0.3, 0.4) is 0 Å². The van der Waals surface area contributed by atoms with Gasteiger partial charge in [-0.1, -0.05) is 37.6 Å². The Morgan fingerprint density at radius 3 is 2.36 bits per heavy atom. The van der Waals surface area contributed by atoms with Crippen molar-refractivity contribution < 1.29 is 13.2 Å². The Hall–Kier alpha value is -1.80. The SMILES string of the molecule is Cc1cc2c(cc1Cl)N(C(=O)CNC(C)C)c1ccccc1N(C)S2(=O)=O.Cl. The maximum absolute atomic E-state index is 13.2. The molecule has 0 aromatic heterocycles. The van der Waals surface area contributed by atoms with Gasteiger partial charge in [0, 0.05) is 18.1 Å². The Kier molecular flexibility index (Phi) is 6.66. The van der Waals surface area contributed by atoms with E-state index in [2.05, 4.69) is 5.32 Å². The largest absolute Gasteiger partial charge is 0.306 e.